The molecule has 0 aliphatic carbocycles. The van der Waals surface area contributed by atoms with E-state index in [0.717, 1.165) is 22.6 Å². The van der Waals surface area contributed by atoms with Crippen LogP contribution in [0.5, 0.6) is 11.5 Å². The summed E-state index contributed by atoms with van der Waals surface area (Å²) >= 11 is 1.28. The van der Waals surface area contributed by atoms with E-state index in [9.17, 15) is 4.79 Å². The van der Waals surface area contributed by atoms with Gasteiger partial charge in [-0.3, -0.25) is 9.36 Å². The summed E-state index contributed by atoms with van der Waals surface area (Å²) in [5.74, 6) is 1.97. The summed E-state index contributed by atoms with van der Waals surface area (Å²) in [6.45, 7) is 0. The van der Waals surface area contributed by atoms with E-state index in [0.29, 0.717) is 16.7 Å². The van der Waals surface area contributed by atoms with Crippen molar-refractivity contribution < 1.29 is 14.3 Å². The lowest BCUT2D eigenvalue weighted by Crippen LogP contribution is -2.20. The molecule has 3 aromatic carbocycles. The molecule has 0 atom stereocenters. The molecule has 1 aromatic heterocycles. The first-order valence-corrected chi connectivity index (χ1v) is 11.4. The van der Waals surface area contributed by atoms with Crippen molar-refractivity contribution in [2.45, 2.75) is 5.16 Å². The van der Waals surface area contributed by atoms with Crippen LogP contribution >= 0.6 is 11.8 Å². The number of nitrogens with zero attached hydrogens (tertiary/aromatic N) is 4. The lowest BCUT2D eigenvalue weighted by molar-refractivity contribution is -0.118. The molecule has 0 aliphatic rings. The highest BCUT2D eigenvalue weighted by Crippen LogP contribution is 2.29. The highest BCUT2D eigenvalue weighted by Gasteiger charge is 2.17. The van der Waals surface area contributed by atoms with E-state index in [1.54, 1.807) is 20.4 Å². The molecular weight excluding hydrogens is 450 g/mol. The van der Waals surface area contributed by atoms with Gasteiger partial charge in [0.05, 0.1) is 26.2 Å². The van der Waals surface area contributed by atoms with E-state index >= 15 is 0 Å². The molecule has 0 unspecified atom stereocenters. The fourth-order valence-electron chi connectivity index (χ4n) is 3.21. The Morgan fingerprint density at radius 1 is 0.971 bits per heavy atom. The number of hydrazone groups is 1. The van der Waals surface area contributed by atoms with E-state index in [4.69, 9.17) is 9.47 Å². The number of hydrogen-bond acceptors (Lipinski definition) is 7. The van der Waals surface area contributed by atoms with Gasteiger partial charge in [-0.05, 0) is 48.5 Å². The first-order chi connectivity index (χ1) is 16.7. The molecule has 9 heteroatoms. The largest absolute Gasteiger partial charge is 0.497 e. The Labute approximate surface area is 201 Å². The highest BCUT2D eigenvalue weighted by atomic mass is 32.2. The van der Waals surface area contributed by atoms with Crippen LogP contribution in [0.2, 0.25) is 0 Å². The molecular formula is C25H23N5O3S. The second-order valence-corrected chi connectivity index (χ2v) is 7.97. The summed E-state index contributed by atoms with van der Waals surface area (Å²) < 4.78 is 12.5. The molecule has 1 amide bonds. The second kappa shape index (κ2) is 11.2. The lowest BCUT2D eigenvalue weighted by Gasteiger charge is -2.10. The van der Waals surface area contributed by atoms with Gasteiger partial charge in [0.2, 0.25) is 0 Å². The monoisotopic (exact) mass is 473 g/mol. The standard InChI is InChI=1S/C25H23N5O3S/c1-32-21-14-12-18(13-15-21)24-28-29-25(30(24)20-9-4-3-5-10-20)34-17-23(31)27-26-16-19-8-6-7-11-22(19)33-2/h3-16H,17H2,1-2H3,(H,27,31). The maximum Gasteiger partial charge on any atom is 0.250 e. The normalized spacial score (nSPS) is 10.9. The van der Waals surface area contributed by atoms with E-state index < -0.39 is 0 Å². The maximum absolute atomic E-state index is 12.4. The Hall–Kier alpha value is -4.11. The van der Waals surface area contributed by atoms with Gasteiger partial charge in [0, 0.05) is 16.8 Å². The van der Waals surface area contributed by atoms with E-state index in [-0.39, 0.29) is 11.7 Å². The minimum absolute atomic E-state index is 0.122. The fourth-order valence-corrected chi connectivity index (χ4v) is 3.95. The maximum atomic E-state index is 12.4. The molecule has 0 saturated heterocycles. The Morgan fingerprint density at radius 3 is 2.44 bits per heavy atom. The summed E-state index contributed by atoms with van der Waals surface area (Å²) in [4.78, 5) is 12.4. The van der Waals surface area contributed by atoms with Crippen LogP contribution in [0.25, 0.3) is 17.1 Å². The van der Waals surface area contributed by atoms with Crippen LogP contribution in [0, 0.1) is 0 Å². The van der Waals surface area contributed by atoms with Gasteiger partial charge < -0.3 is 9.47 Å². The van der Waals surface area contributed by atoms with Gasteiger partial charge in [-0.15, -0.1) is 10.2 Å². The van der Waals surface area contributed by atoms with Gasteiger partial charge in [-0.2, -0.15) is 5.10 Å². The number of methoxy groups -OCH3 is 2. The molecule has 34 heavy (non-hydrogen) atoms. The van der Waals surface area contributed by atoms with Gasteiger partial charge >= 0.3 is 0 Å². The molecule has 8 nitrogen and oxygen atoms in total. The van der Waals surface area contributed by atoms with E-state index in [2.05, 4.69) is 20.7 Å². The number of carbonyl (C=O) groups excluding carboxylic acids is 1. The van der Waals surface area contributed by atoms with Gasteiger partial charge in [0.1, 0.15) is 11.5 Å². The molecule has 0 bridgehead atoms. The number of thioether (sulfide) groups is 1. The summed E-state index contributed by atoms with van der Waals surface area (Å²) in [5.41, 5.74) is 5.10. The van der Waals surface area contributed by atoms with Crippen molar-refractivity contribution in [1.82, 2.24) is 20.2 Å². The molecule has 0 radical (unpaired) electrons. The number of rotatable bonds is 9. The van der Waals surface area contributed by atoms with Gasteiger partial charge in [0.25, 0.3) is 5.91 Å². The first kappa shape index (κ1) is 23.1. The minimum Gasteiger partial charge on any atom is -0.497 e. The Kier molecular flexibility index (Phi) is 7.56. The Morgan fingerprint density at radius 2 is 1.71 bits per heavy atom. The predicted molar refractivity (Wildman–Crippen MR) is 133 cm³/mol. The average molecular weight is 474 g/mol. The van der Waals surface area contributed by atoms with Gasteiger partial charge in [-0.25, -0.2) is 5.43 Å². The number of ether oxygens (including phenoxy) is 2. The Bertz CT molecular complexity index is 1270. The van der Waals surface area contributed by atoms with Crippen LogP contribution in [0.15, 0.2) is 89.1 Å². The van der Waals surface area contributed by atoms with Crippen molar-refractivity contribution in [2.75, 3.05) is 20.0 Å². The third kappa shape index (κ3) is 5.44. The smallest absolute Gasteiger partial charge is 0.250 e. The number of benzene rings is 3. The van der Waals surface area contributed by atoms with E-state index in [1.165, 1.54) is 11.8 Å². The number of para-hydroxylation sites is 2. The van der Waals surface area contributed by atoms with E-state index in [1.807, 2.05) is 83.4 Å². The zero-order valence-electron chi connectivity index (χ0n) is 18.7. The predicted octanol–water partition coefficient (Wildman–Crippen LogP) is 4.19. The van der Waals surface area contributed by atoms with Gasteiger partial charge in [0.15, 0.2) is 11.0 Å². The van der Waals surface area contributed by atoms with Crippen molar-refractivity contribution in [1.29, 1.82) is 0 Å². The zero-order valence-corrected chi connectivity index (χ0v) is 19.5. The summed E-state index contributed by atoms with van der Waals surface area (Å²) in [6.07, 6.45) is 1.55. The highest BCUT2D eigenvalue weighted by molar-refractivity contribution is 7.99. The number of hydrogen-bond donors (Lipinski definition) is 1. The molecule has 172 valence electrons. The molecule has 1 heterocycles. The molecule has 4 aromatic rings. The zero-order chi connectivity index (χ0) is 23.8. The molecule has 4 rings (SSSR count). The van der Waals surface area contributed by atoms with Crippen molar-refractivity contribution in [3.05, 3.63) is 84.4 Å². The van der Waals surface area contributed by atoms with Crippen molar-refractivity contribution in [3.8, 4) is 28.6 Å². The Balaban J connectivity index is 1.50. The number of amides is 1. The van der Waals surface area contributed by atoms with Crippen molar-refractivity contribution in [3.63, 3.8) is 0 Å². The SMILES string of the molecule is COc1ccc(-c2nnc(SCC(=O)NN=Cc3ccccc3OC)n2-c2ccccc2)cc1. The van der Waals surface area contributed by atoms with Crippen LogP contribution < -0.4 is 14.9 Å². The van der Waals surface area contributed by atoms with Crippen LogP contribution in [0.1, 0.15) is 5.56 Å². The molecule has 0 saturated carbocycles. The average Bonchev–Trinajstić information content (AvgIpc) is 3.32. The molecule has 0 fully saturated rings. The van der Waals surface area contributed by atoms with Crippen LogP contribution in [0.3, 0.4) is 0 Å². The molecule has 0 spiro atoms. The topological polar surface area (TPSA) is 90.6 Å². The van der Waals surface area contributed by atoms with Crippen molar-refractivity contribution >= 4 is 23.9 Å². The van der Waals surface area contributed by atoms with Crippen molar-refractivity contribution in [2.24, 2.45) is 5.10 Å². The number of nitrogens with one attached hydrogen (secondary N) is 1. The lowest BCUT2D eigenvalue weighted by atomic mass is 10.2. The van der Waals surface area contributed by atoms with Gasteiger partial charge in [-0.1, -0.05) is 42.1 Å². The summed E-state index contributed by atoms with van der Waals surface area (Å²) in [7, 11) is 3.21. The number of carbonyl (C=O) groups is 1. The molecule has 1 N–H and O–H groups in total. The van der Waals surface area contributed by atoms with Crippen LogP contribution in [-0.2, 0) is 4.79 Å². The quantitative estimate of drug-likeness (QED) is 0.223. The molecule has 0 aliphatic heterocycles. The number of aromatic nitrogens is 3. The third-order valence-electron chi connectivity index (χ3n) is 4.86. The third-order valence-corrected chi connectivity index (χ3v) is 5.79. The fraction of sp³-hybridized carbons (Fsp3) is 0.120. The summed E-state index contributed by atoms with van der Waals surface area (Å²) in [5, 5.41) is 13.4. The van der Waals surface area contributed by atoms with Crippen LogP contribution in [0.4, 0.5) is 0 Å². The minimum atomic E-state index is -0.259. The first-order valence-electron chi connectivity index (χ1n) is 10.4. The van der Waals surface area contributed by atoms with Crippen LogP contribution in [-0.4, -0.2) is 46.9 Å². The second-order valence-electron chi connectivity index (χ2n) is 7.03. The summed E-state index contributed by atoms with van der Waals surface area (Å²) in [6, 6.07) is 24.8.